The van der Waals surface area contributed by atoms with Gasteiger partial charge in [0.15, 0.2) is 0 Å². The van der Waals surface area contributed by atoms with E-state index >= 15 is 0 Å². The highest BCUT2D eigenvalue weighted by Gasteiger charge is 2.30. The molecule has 2 aromatic carbocycles. The summed E-state index contributed by atoms with van der Waals surface area (Å²) in [6.07, 6.45) is -4.29. The maximum absolute atomic E-state index is 13.0. The molecular formula is C18H18F4N2. The molecule has 3 rings (SSSR count). The van der Waals surface area contributed by atoms with E-state index in [1.807, 2.05) is 0 Å². The van der Waals surface area contributed by atoms with Crippen LogP contribution in [0.3, 0.4) is 0 Å². The van der Waals surface area contributed by atoms with Crippen molar-refractivity contribution in [2.45, 2.75) is 12.7 Å². The van der Waals surface area contributed by atoms with Crippen molar-refractivity contribution in [1.29, 1.82) is 0 Å². The van der Waals surface area contributed by atoms with E-state index in [1.54, 1.807) is 12.1 Å². The molecule has 1 heterocycles. The minimum absolute atomic E-state index is 0.250. The number of anilines is 1. The molecule has 24 heavy (non-hydrogen) atoms. The molecule has 0 aromatic heterocycles. The highest BCUT2D eigenvalue weighted by molar-refractivity contribution is 5.46. The van der Waals surface area contributed by atoms with Gasteiger partial charge in [-0.1, -0.05) is 12.1 Å². The molecule has 0 aliphatic carbocycles. The van der Waals surface area contributed by atoms with Gasteiger partial charge in [0.25, 0.3) is 0 Å². The fourth-order valence-corrected chi connectivity index (χ4v) is 2.87. The van der Waals surface area contributed by atoms with Crippen LogP contribution < -0.4 is 4.90 Å². The smallest absolute Gasteiger partial charge is 0.369 e. The molecule has 0 N–H and O–H groups in total. The van der Waals surface area contributed by atoms with Crippen LogP contribution in [-0.2, 0) is 12.7 Å². The predicted octanol–water partition coefficient (Wildman–Crippen LogP) is 4.17. The molecule has 128 valence electrons. The maximum Gasteiger partial charge on any atom is 0.416 e. The number of nitrogens with zero attached hydrogens (tertiary/aromatic N) is 2. The second-order valence-electron chi connectivity index (χ2n) is 5.93. The van der Waals surface area contributed by atoms with Gasteiger partial charge in [-0.2, -0.15) is 13.2 Å². The Morgan fingerprint density at radius 3 is 1.92 bits per heavy atom. The summed E-state index contributed by atoms with van der Waals surface area (Å²) in [4.78, 5) is 4.39. The number of rotatable bonds is 3. The molecular weight excluding hydrogens is 320 g/mol. The Morgan fingerprint density at radius 2 is 1.38 bits per heavy atom. The zero-order valence-electron chi connectivity index (χ0n) is 13.1. The maximum atomic E-state index is 13.0. The zero-order valence-corrected chi connectivity index (χ0v) is 13.1. The van der Waals surface area contributed by atoms with Crippen LogP contribution in [0, 0.1) is 5.82 Å². The van der Waals surface area contributed by atoms with Crippen molar-refractivity contribution >= 4 is 5.69 Å². The first-order valence-corrected chi connectivity index (χ1v) is 7.81. The first-order chi connectivity index (χ1) is 11.4. The molecule has 2 nitrogen and oxygen atoms in total. The third-order valence-corrected chi connectivity index (χ3v) is 4.25. The van der Waals surface area contributed by atoms with Crippen LogP contribution >= 0.6 is 0 Å². The number of benzene rings is 2. The van der Waals surface area contributed by atoms with Crippen molar-refractivity contribution in [3.8, 4) is 0 Å². The van der Waals surface area contributed by atoms with Crippen LogP contribution in [0.5, 0.6) is 0 Å². The summed E-state index contributed by atoms with van der Waals surface area (Å²) in [5.41, 5.74) is 1.25. The van der Waals surface area contributed by atoms with Crippen molar-refractivity contribution in [2.24, 2.45) is 0 Å². The van der Waals surface area contributed by atoms with Gasteiger partial charge in [0, 0.05) is 38.4 Å². The summed E-state index contributed by atoms with van der Waals surface area (Å²) in [5.74, 6) is -0.250. The summed E-state index contributed by atoms with van der Waals surface area (Å²) in [5, 5.41) is 0. The molecule has 0 spiro atoms. The number of piperazine rings is 1. The lowest BCUT2D eigenvalue weighted by Gasteiger charge is -2.36. The lowest BCUT2D eigenvalue weighted by atomic mass is 10.1. The Hall–Kier alpha value is -2.08. The largest absolute Gasteiger partial charge is 0.416 e. The summed E-state index contributed by atoms with van der Waals surface area (Å²) >= 11 is 0. The fourth-order valence-electron chi connectivity index (χ4n) is 2.87. The SMILES string of the molecule is Fc1ccc(N2CCN(Cc3ccc(C(F)(F)F)cc3)CC2)cc1. The van der Waals surface area contributed by atoms with E-state index in [2.05, 4.69) is 9.80 Å². The van der Waals surface area contributed by atoms with Crippen molar-refractivity contribution in [3.63, 3.8) is 0 Å². The molecule has 1 aliphatic heterocycles. The molecule has 1 saturated heterocycles. The van der Waals surface area contributed by atoms with Gasteiger partial charge in [0.2, 0.25) is 0 Å². The molecule has 0 amide bonds. The van der Waals surface area contributed by atoms with Crippen molar-refractivity contribution in [2.75, 3.05) is 31.1 Å². The molecule has 0 radical (unpaired) electrons. The van der Waals surface area contributed by atoms with Crippen molar-refractivity contribution < 1.29 is 17.6 Å². The van der Waals surface area contributed by atoms with Crippen LogP contribution in [0.25, 0.3) is 0 Å². The van der Waals surface area contributed by atoms with Gasteiger partial charge < -0.3 is 4.90 Å². The molecule has 6 heteroatoms. The fraction of sp³-hybridized carbons (Fsp3) is 0.333. The lowest BCUT2D eigenvalue weighted by Crippen LogP contribution is -2.45. The topological polar surface area (TPSA) is 6.48 Å². The summed E-state index contributed by atoms with van der Waals surface area (Å²) < 4.78 is 50.7. The first kappa shape index (κ1) is 16.8. The second kappa shape index (κ2) is 6.81. The minimum Gasteiger partial charge on any atom is -0.369 e. The molecule has 0 atom stereocenters. The van der Waals surface area contributed by atoms with Crippen LogP contribution in [-0.4, -0.2) is 31.1 Å². The summed E-state index contributed by atoms with van der Waals surface area (Å²) in [7, 11) is 0. The average molecular weight is 338 g/mol. The normalized spacial score (nSPS) is 16.4. The van der Waals surface area contributed by atoms with Crippen molar-refractivity contribution in [3.05, 3.63) is 65.5 Å². The standard InChI is InChI=1S/C18H18F4N2/c19-16-5-7-17(8-6-16)24-11-9-23(10-12-24)13-14-1-3-15(4-2-14)18(20,21)22/h1-8H,9-13H2. The van der Waals surface area contributed by atoms with E-state index in [9.17, 15) is 17.6 Å². The number of halogens is 4. The monoisotopic (exact) mass is 338 g/mol. The molecule has 0 unspecified atom stereocenters. The van der Waals surface area contributed by atoms with E-state index in [0.29, 0.717) is 6.54 Å². The van der Waals surface area contributed by atoms with E-state index in [0.717, 1.165) is 49.6 Å². The minimum atomic E-state index is -4.29. The highest BCUT2D eigenvalue weighted by atomic mass is 19.4. The number of hydrogen-bond acceptors (Lipinski definition) is 2. The van der Waals surface area contributed by atoms with Gasteiger partial charge in [-0.05, 0) is 42.0 Å². The van der Waals surface area contributed by atoms with Gasteiger partial charge >= 0.3 is 6.18 Å². The van der Waals surface area contributed by atoms with Crippen LogP contribution in [0.2, 0.25) is 0 Å². The van der Waals surface area contributed by atoms with Crippen LogP contribution in [0.15, 0.2) is 48.5 Å². The Kier molecular flexibility index (Phi) is 4.76. The van der Waals surface area contributed by atoms with E-state index in [4.69, 9.17) is 0 Å². The second-order valence-corrected chi connectivity index (χ2v) is 5.93. The lowest BCUT2D eigenvalue weighted by molar-refractivity contribution is -0.137. The summed E-state index contributed by atoms with van der Waals surface area (Å²) in [6, 6.07) is 11.8. The molecule has 1 fully saturated rings. The van der Waals surface area contributed by atoms with E-state index in [-0.39, 0.29) is 5.82 Å². The molecule has 2 aromatic rings. The number of hydrogen-bond donors (Lipinski definition) is 0. The Labute approximate surface area is 138 Å². The molecule has 1 aliphatic rings. The van der Waals surface area contributed by atoms with Crippen LogP contribution in [0.4, 0.5) is 23.2 Å². The van der Waals surface area contributed by atoms with Gasteiger partial charge in [0.1, 0.15) is 5.82 Å². The number of alkyl halides is 3. The third kappa shape index (κ3) is 4.06. The molecule has 0 saturated carbocycles. The summed E-state index contributed by atoms with van der Waals surface area (Å²) in [6.45, 7) is 3.89. The van der Waals surface area contributed by atoms with E-state index < -0.39 is 11.7 Å². The molecule has 0 bridgehead atoms. The van der Waals surface area contributed by atoms with Crippen LogP contribution in [0.1, 0.15) is 11.1 Å². The Morgan fingerprint density at radius 1 is 0.792 bits per heavy atom. The quantitative estimate of drug-likeness (QED) is 0.775. The van der Waals surface area contributed by atoms with Gasteiger partial charge in [-0.25, -0.2) is 4.39 Å². The third-order valence-electron chi connectivity index (χ3n) is 4.25. The Balaban J connectivity index is 1.54. The van der Waals surface area contributed by atoms with Gasteiger partial charge in [-0.15, -0.1) is 0 Å². The predicted molar refractivity (Wildman–Crippen MR) is 85.3 cm³/mol. The first-order valence-electron chi connectivity index (χ1n) is 7.81. The van der Waals surface area contributed by atoms with Crippen molar-refractivity contribution in [1.82, 2.24) is 4.90 Å². The average Bonchev–Trinajstić information content (AvgIpc) is 2.56. The van der Waals surface area contributed by atoms with E-state index in [1.165, 1.54) is 24.3 Å². The zero-order chi connectivity index (χ0) is 17.2. The highest BCUT2D eigenvalue weighted by Crippen LogP contribution is 2.29. The van der Waals surface area contributed by atoms with Gasteiger partial charge in [0.05, 0.1) is 5.56 Å². The Bertz CT molecular complexity index is 657. The van der Waals surface area contributed by atoms with Gasteiger partial charge in [-0.3, -0.25) is 4.90 Å².